The summed E-state index contributed by atoms with van der Waals surface area (Å²) in [6.07, 6.45) is 1.06. The molecule has 15 heavy (non-hydrogen) atoms. The summed E-state index contributed by atoms with van der Waals surface area (Å²) in [5.41, 5.74) is 3.50. The predicted octanol–water partition coefficient (Wildman–Crippen LogP) is 4.47. The highest BCUT2D eigenvalue weighted by Crippen LogP contribution is 2.30. The highest BCUT2D eigenvalue weighted by atomic mass is 127. The Balaban J connectivity index is 2.81. The van der Waals surface area contributed by atoms with Crippen LogP contribution in [-0.2, 0) is 6.42 Å². The Morgan fingerprint density at radius 3 is 2.80 bits per heavy atom. The molecule has 78 valence electrons. The Morgan fingerprint density at radius 2 is 2.13 bits per heavy atom. The molecule has 0 aliphatic carbocycles. The lowest BCUT2D eigenvalue weighted by molar-refractivity contribution is 1.14. The third kappa shape index (κ3) is 2.04. The number of hydrogen-bond donors (Lipinski definition) is 0. The van der Waals surface area contributed by atoms with Gasteiger partial charge >= 0.3 is 0 Å². The zero-order valence-electron chi connectivity index (χ0n) is 8.64. The fourth-order valence-electron chi connectivity index (χ4n) is 1.58. The van der Waals surface area contributed by atoms with Crippen LogP contribution in [-0.4, -0.2) is 4.98 Å². The minimum atomic E-state index is 1.06. The quantitative estimate of drug-likeness (QED) is 0.670. The molecule has 0 spiro atoms. The second-order valence-corrected chi connectivity index (χ2v) is 5.40. The topological polar surface area (TPSA) is 12.9 Å². The SMILES string of the molecule is CCc1ccc2nc(C)c(I)c(Br)c2c1. The van der Waals surface area contributed by atoms with Crippen molar-refractivity contribution in [1.82, 2.24) is 4.98 Å². The van der Waals surface area contributed by atoms with Crippen molar-refractivity contribution in [3.63, 3.8) is 0 Å². The van der Waals surface area contributed by atoms with Crippen LogP contribution < -0.4 is 0 Å². The molecule has 0 saturated carbocycles. The second-order valence-electron chi connectivity index (χ2n) is 3.53. The van der Waals surface area contributed by atoms with Gasteiger partial charge in [-0.05, 0) is 69.6 Å². The number of aryl methyl sites for hydroxylation is 2. The predicted molar refractivity (Wildman–Crippen MR) is 76.3 cm³/mol. The van der Waals surface area contributed by atoms with Crippen LogP contribution in [0, 0.1) is 10.5 Å². The van der Waals surface area contributed by atoms with Crippen molar-refractivity contribution in [2.24, 2.45) is 0 Å². The van der Waals surface area contributed by atoms with Crippen molar-refractivity contribution >= 4 is 49.4 Å². The molecule has 0 radical (unpaired) electrons. The van der Waals surface area contributed by atoms with E-state index in [1.807, 2.05) is 6.92 Å². The molecule has 0 saturated heterocycles. The Bertz CT molecular complexity index is 523. The van der Waals surface area contributed by atoms with E-state index in [1.165, 1.54) is 19.0 Å². The van der Waals surface area contributed by atoms with Gasteiger partial charge in [-0.3, -0.25) is 4.98 Å². The Morgan fingerprint density at radius 1 is 1.40 bits per heavy atom. The summed E-state index contributed by atoms with van der Waals surface area (Å²) in [5, 5.41) is 1.21. The summed E-state index contributed by atoms with van der Waals surface area (Å²) in [5.74, 6) is 0. The number of fused-ring (bicyclic) bond motifs is 1. The lowest BCUT2D eigenvalue weighted by Gasteiger charge is -2.07. The van der Waals surface area contributed by atoms with Gasteiger partial charge < -0.3 is 0 Å². The summed E-state index contributed by atoms with van der Waals surface area (Å²) in [7, 11) is 0. The summed E-state index contributed by atoms with van der Waals surface area (Å²) in [6, 6.07) is 6.46. The van der Waals surface area contributed by atoms with Gasteiger partial charge in [-0.25, -0.2) is 0 Å². The molecule has 3 heteroatoms. The second kappa shape index (κ2) is 4.37. The first-order valence-electron chi connectivity index (χ1n) is 4.87. The zero-order chi connectivity index (χ0) is 11.0. The summed E-state index contributed by atoms with van der Waals surface area (Å²) in [6.45, 7) is 4.21. The van der Waals surface area contributed by atoms with E-state index in [0.29, 0.717) is 0 Å². The van der Waals surface area contributed by atoms with Crippen molar-refractivity contribution < 1.29 is 0 Å². The molecule has 2 aromatic rings. The fraction of sp³-hybridized carbons (Fsp3) is 0.250. The normalized spacial score (nSPS) is 10.9. The van der Waals surface area contributed by atoms with Crippen molar-refractivity contribution in [3.05, 3.63) is 37.5 Å². The molecular weight excluding hydrogens is 365 g/mol. The van der Waals surface area contributed by atoms with Gasteiger partial charge in [0.25, 0.3) is 0 Å². The van der Waals surface area contributed by atoms with Gasteiger partial charge in [0, 0.05) is 13.4 Å². The number of nitrogens with zero attached hydrogens (tertiary/aromatic N) is 1. The van der Waals surface area contributed by atoms with E-state index in [0.717, 1.165) is 17.6 Å². The van der Waals surface area contributed by atoms with Crippen LogP contribution in [0.5, 0.6) is 0 Å². The lowest BCUT2D eigenvalue weighted by atomic mass is 10.1. The van der Waals surface area contributed by atoms with Crippen LogP contribution in [0.15, 0.2) is 22.7 Å². The first kappa shape index (κ1) is 11.3. The number of pyridine rings is 1. The maximum Gasteiger partial charge on any atom is 0.0717 e. The largest absolute Gasteiger partial charge is 0.252 e. The molecule has 0 fully saturated rings. The van der Waals surface area contributed by atoms with Crippen LogP contribution in [0.4, 0.5) is 0 Å². The van der Waals surface area contributed by atoms with Crippen molar-refractivity contribution in [1.29, 1.82) is 0 Å². The fourth-order valence-corrected chi connectivity index (χ4v) is 2.60. The molecule has 1 aromatic heterocycles. The number of halogens is 2. The van der Waals surface area contributed by atoms with Gasteiger partial charge in [0.1, 0.15) is 0 Å². The first-order chi connectivity index (χ1) is 7.13. The maximum atomic E-state index is 4.57. The highest BCUT2D eigenvalue weighted by Gasteiger charge is 2.08. The minimum Gasteiger partial charge on any atom is -0.252 e. The highest BCUT2D eigenvalue weighted by molar-refractivity contribution is 14.1. The molecular formula is C12H11BrIN. The number of hydrogen-bond acceptors (Lipinski definition) is 1. The molecule has 0 unspecified atom stereocenters. The third-order valence-electron chi connectivity index (χ3n) is 2.50. The average molecular weight is 376 g/mol. The van der Waals surface area contributed by atoms with Gasteiger partial charge in [0.2, 0.25) is 0 Å². The first-order valence-corrected chi connectivity index (χ1v) is 6.75. The summed E-state index contributed by atoms with van der Waals surface area (Å²) in [4.78, 5) is 4.57. The van der Waals surface area contributed by atoms with Crippen LogP contribution in [0.2, 0.25) is 0 Å². The Hall–Kier alpha value is -0.160. The standard InChI is InChI=1S/C12H11BrIN/c1-3-8-4-5-10-9(6-8)11(13)12(14)7(2)15-10/h4-6H,3H2,1-2H3. The van der Waals surface area contributed by atoms with Crippen LogP contribution in [0.3, 0.4) is 0 Å². The molecule has 0 atom stereocenters. The van der Waals surface area contributed by atoms with E-state index >= 15 is 0 Å². The summed E-state index contributed by atoms with van der Waals surface area (Å²) < 4.78 is 2.37. The Kier molecular flexibility index (Phi) is 3.30. The van der Waals surface area contributed by atoms with E-state index in [4.69, 9.17) is 0 Å². The maximum absolute atomic E-state index is 4.57. The zero-order valence-corrected chi connectivity index (χ0v) is 12.4. The number of aromatic nitrogens is 1. The van der Waals surface area contributed by atoms with E-state index in [-0.39, 0.29) is 0 Å². The minimum absolute atomic E-state index is 1.06. The van der Waals surface area contributed by atoms with E-state index in [9.17, 15) is 0 Å². The molecule has 1 aromatic carbocycles. The van der Waals surface area contributed by atoms with Gasteiger partial charge in [-0.2, -0.15) is 0 Å². The third-order valence-corrected chi connectivity index (χ3v) is 5.39. The number of rotatable bonds is 1. The molecule has 0 N–H and O–H groups in total. The van der Waals surface area contributed by atoms with Crippen LogP contribution >= 0.6 is 38.5 Å². The van der Waals surface area contributed by atoms with Crippen molar-refractivity contribution in [2.75, 3.05) is 0 Å². The van der Waals surface area contributed by atoms with Gasteiger partial charge in [-0.1, -0.05) is 13.0 Å². The molecule has 2 rings (SSSR count). The number of benzene rings is 1. The van der Waals surface area contributed by atoms with Crippen molar-refractivity contribution in [2.45, 2.75) is 20.3 Å². The van der Waals surface area contributed by atoms with E-state index in [2.05, 4.69) is 68.6 Å². The van der Waals surface area contributed by atoms with E-state index < -0.39 is 0 Å². The molecule has 1 nitrogen and oxygen atoms in total. The van der Waals surface area contributed by atoms with Gasteiger partial charge in [0.15, 0.2) is 0 Å². The monoisotopic (exact) mass is 375 g/mol. The molecule has 0 amide bonds. The van der Waals surface area contributed by atoms with Crippen LogP contribution in [0.1, 0.15) is 18.2 Å². The smallest absolute Gasteiger partial charge is 0.0717 e. The molecule has 0 aliphatic rings. The van der Waals surface area contributed by atoms with Gasteiger partial charge in [-0.15, -0.1) is 0 Å². The summed E-state index contributed by atoms with van der Waals surface area (Å²) >= 11 is 5.98. The lowest BCUT2D eigenvalue weighted by Crippen LogP contribution is -1.92. The van der Waals surface area contributed by atoms with Gasteiger partial charge in [0.05, 0.1) is 11.2 Å². The van der Waals surface area contributed by atoms with E-state index in [1.54, 1.807) is 0 Å². The molecule has 0 bridgehead atoms. The average Bonchev–Trinajstić information content (AvgIpc) is 2.26. The molecule has 1 heterocycles. The Labute approximate surface area is 112 Å². The molecule has 0 aliphatic heterocycles. The van der Waals surface area contributed by atoms with Crippen molar-refractivity contribution in [3.8, 4) is 0 Å². The van der Waals surface area contributed by atoms with Crippen LogP contribution in [0.25, 0.3) is 10.9 Å².